The van der Waals surface area contributed by atoms with Gasteiger partial charge in [0.05, 0.1) is 11.1 Å². The van der Waals surface area contributed by atoms with E-state index in [4.69, 9.17) is 5.21 Å². The number of hydrogen-bond donors (Lipinski definition) is 1. The number of thiophene rings is 1. The lowest BCUT2D eigenvalue weighted by atomic mass is 10.5. The Kier molecular flexibility index (Phi) is 2.24. The van der Waals surface area contributed by atoms with Gasteiger partial charge in [0.25, 0.3) is 0 Å². The van der Waals surface area contributed by atoms with E-state index in [9.17, 15) is 0 Å². The van der Waals surface area contributed by atoms with E-state index in [1.165, 1.54) is 17.6 Å². The van der Waals surface area contributed by atoms with E-state index < -0.39 is 0 Å². The Morgan fingerprint density at radius 2 is 2.56 bits per heavy atom. The molecule has 1 N–H and O–H groups in total. The van der Waals surface area contributed by atoms with E-state index in [2.05, 4.69) is 21.1 Å². The number of hydrogen-bond acceptors (Lipinski definition) is 3. The minimum Gasteiger partial charge on any atom is -0.411 e. The Balaban J connectivity index is 2.94. The summed E-state index contributed by atoms with van der Waals surface area (Å²) in [6, 6.07) is 1.90. The summed E-state index contributed by atoms with van der Waals surface area (Å²) in [5, 5.41) is 12.9. The van der Waals surface area contributed by atoms with E-state index in [0.29, 0.717) is 0 Å². The van der Waals surface area contributed by atoms with Crippen molar-refractivity contribution in [3.63, 3.8) is 0 Å². The summed E-state index contributed by atoms with van der Waals surface area (Å²) in [6.07, 6.45) is 1.40. The average molecular weight is 206 g/mol. The molecule has 0 atom stereocenters. The maximum atomic E-state index is 8.12. The molecular weight excluding hydrogens is 202 g/mol. The molecule has 0 amide bonds. The maximum Gasteiger partial charge on any atom is 0.0845 e. The first kappa shape index (κ1) is 6.77. The maximum absolute atomic E-state index is 8.12. The van der Waals surface area contributed by atoms with Crippen molar-refractivity contribution >= 4 is 33.5 Å². The Labute approximate surface area is 64.9 Å². The SMILES string of the molecule is O/N=C/c1sccc1Br. The summed E-state index contributed by atoms with van der Waals surface area (Å²) in [5.74, 6) is 0. The second-order valence-electron chi connectivity index (χ2n) is 1.38. The standard InChI is InChI=1S/C5H4BrNOS/c6-4-1-2-9-5(4)3-7-8/h1-3,8H/b7-3+. The minimum atomic E-state index is 0.928. The number of oxime groups is 1. The summed E-state index contributed by atoms with van der Waals surface area (Å²) >= 11 is 4.79. The van der Waals surface area contributed by atoms with Crippen molar-refractivity contribution in [2.24, 2.45) is 5.16 Å². The average Bonchev–Trinajstić information content (AvgIpc) is 2.18. The van der Waals surface area contributed by atoms with Crippen LogP contribution in [0.4, 0.5) is 0 Å². The molecule has 1 rings (SSSR count). The van der Waals surface area contributed by atoms with Gasteiger partial charge in [0.1, 0.15) is 0 Å². The van der Waals surface area contributed by atoms with Crippen LogP contribution >= 0.6 is 27.3 Å². The molecule has 1 aromatic heterocycles. The van der Waals surface area contributed by atoms with Gasteiger partial charge in [-0.1, -0.05) is 5.16 Å². The molecule has 0 fully saturated rings. The fourth-order valence-corrected chi connectivity index (χ4v) is 1.78. The predicted octanol–water partition coefficient (Wildman–Crippen LogP) is 2.32. The third kappa shape index (κ3) is 1.53. The highest BCUT2D eigenvalue weighted by atomic mass is 79.9. The lowest BCUT2D eigenvalue weighted by Gasteiger charge is -1.80. The van der Waals surface area contributed by atoms with E-state index in [-0.39, 0.29) is 0 Å². The minimum absolute atomic E-state index is 0.928. The van der Waals surface area contributed by atoms with Crippen molar-refractivity contribution in [1.29, 1.82) is 0 Å². The van der Waals surface area contributed by atoms with Crippen LogP contribution in [0.5, 0.6) is 0 Å². The molecule has 1 heterocycles. The highest BCUT2D eigenvalue weighted by Gasteiger charge is 1.94. The highest BCUT2D eigenvalue weighted by molar-refractivity contribution is 9.10. The quantitative estimate of drug-likeness (QED) is 0.426. The molecule has 0 aliphatic heterocycles. The zero-order valence-electron chi connectivity index (χ0n) is 4.41. The van der Waals surface area contributed by atoms with Crippen molar-refractivity contribution in [3.05, 3.63) is 20.8 Å². The van der Waals surface area contributed by atoms with Gasteiger partial charge in [-0.2, -0.15) is 0 Å². The van der Waals surface area contributed by atoms with Crippen molar-refractivity contribution in [2.45, 2.75) is 0 Å². The molecule has 2 nitrogen and oxygen atoms in total. The molecule has 0 aliphatic rings. The highest BCUT2D eigenvalue weighted by Crippen LogP contribution is 2.19. The van der Waals surface area contributed by atoms with Gasteiger partial charge in [0, 0.05) is 4.47 Å². The smallest absolute Gasteiger partial charge is 0.0845 e. The van der Waals surface area contributed by atoms with Crippen LogP contribution in [0.1, 0.15) is 4.88 Å². The van der Waals surface area contributed by atoms with Crippen LogP contribution in [-0.2, 0) is 0 Å². The number of rotatable bonds is 1. The summed E-state index contributed by atoms with van der Waals surface area (Å²) in [6.45, 7) is 0. The first-order chi connectivity index (χ1) is 4.34. The molecule has 0 aromatic carbocycles. The lowest BCUT2D eigenvalue weighted by Crippen LogP contribution is -1.71. The fourth-order valence-electron chi connectivity index (χ4n) is 0.450. The second-order valence-corrected chi connectivity index (χ2v) is 3.18. The van der Waals surface area contributed by atoms with Gasteiger partial charge in [0.2, 0.25) is 0 Å². The molecule has 0 spiro atoms. The molecule has 1 aromatic rings. The third-order valence-electron chi connectivity index (χ3n) is 0.820. The van der Waals surface area contributed by atoms with Crippen LogP contribution < -0.4 is 0 Å². The predicted molar refractivity (Wildman–Crippen MR) is 41.4 cm³/mol. The Bertz CT molecular complexity index is 220. The molecule has 0 radical (unpaired) electrons. The van der Waals surface area contributed by atoms with Gasteiger partial charge in [0.15, 0.2) is 0 Å². The third-order valence-corrected chi connectivity index (χ3v) is 2.63. The van der Waals surface area contributed by atoms with Crippen LogP contribution in [0, 0.1) is 0 Å². The summed E-state index contributed by atoms with van der Waals surface area (Å²) < 4.78 is 0.963. The van der Waals surface area contributed by atoms with Gasteiger partial charge in [-0.05, 0) is 27.4 Å². The van der Waals surface area contributed by atoms with E-state index in [1.54, 1.807) is 0 Å². The van der Waals surface area contributed by atoms with E-state index in [1.807, 2.05) is 11.4 Å². The normalized spacial score (nSPS) is 10.8. The molecule has 4 heteroatoms. The van der Waals surface area contributed by atoms with Crippen LogP contribution in [-0.4, -0.2) is 11.4 Å². The van der Waals surface area contributed by atoms with Gasteiger partial charge in [-0.15, -0.1) is 11.3 Å². The van der Waals surface area contributed by atoms with E-state index in [0.717, 1.165) is 9.35 Å². The first-order valence-corrected chi connectivity index (χ1v) is 3.92. The molecular formula is C5H4BrNOS. The van der Waals surface area contributed by atoms with Crippen molar-refractivity contribution in [3.8, 4) is 0 Å². The van der Waals surface area contributed by atoms with Gasteiger partial charge in [-0.3, -0.25) is 0 Å². The van der Waals surface area contributed by atoms with Crippen LogP contribution in [0.15, 0.2) is 21.1 Å². The van der Waals surface area contributed by atoms with Crippen LogP contribution in [0.25, 0.3) is 0 Å². The zero-order chi connectivity index (χ0) is 6.69. The van der Waals surface area contributed by atoms with Gasteiger partial charge in [-0.25, -0.2) is 0 Å². The van der Waals surface area contributed by atoms with Crippen LogP contribution in [0.2, 0.25) is 0 Å². The van der Waals surface area contributed by atoms with Gasteiger partial charge >= 0.3 is 0 Å². The lowest BCUT2D eigenvalue weighted by molar-refractivity contribution is 0.322. The summed E-state index contributed by atoms with van der Waals surface area (Å²) in [7, 11) is 0. The Morgan fingerprint density at radius 3 is 3.00 bits per heavy atom. The Morgan fingerprint density at radius 1 is 1.78 bits per heavy atom. The topological polar surface area (TPSA) is 32.6 Å². The molecule has 0 bridgehead atoms. The molecule has 48 valence electrons. The van der Waals surface area contributed by atoms with E-state index >= 15 is 0 Å². The molecule has 0 unspecified atom stereocenters. The molecule has 0 aliphatic carbocycles. The number of halogens is 1. The Hall–Kier alpha value is -0.350. The van der Waals surface area contributed by atoms with Crippen molar-refractivity contribution < 1.29 is 5.21 Å². The molecule has 0 saturated carbocycles. The van der Waals surface area contributed by atoms with Crippen LogP contribution in [0.3, 0.4) is 0 Å². The fraction of sp³-hybridized carbons (Fsp3) is 0. The van der Waals surface area contributed by atoms with Crippen molar-refractivity contribution in [1.82, 2.24) is 0 Å². The zero-order valence-corrected chi connectivity index (χ0v) is 6.82. The monoisotopic (exact) mass is 205 g/mol. The summed E-state index contributed by atoms with van der Waals surface area (Å²) in [4.78, 5) is 0.928. The molecule has 0 saturated heterocycles. The largest absolute Gasteiger partial charge is 0.411 e. The number of nitrogens with zero attached hydrogens (tertiary/aromatic N) is 1. The first-order valence-electron chi connectivity index (χ1n) is 2.25. The van der Waals surface area contributed by atoms with Crippen molar-refractivity contribution in [2.75, 3.05) is 0 Å². The van der Waals surface area contributed by atoms with Gasteiger partial charge < -0.3 is 5.21 Å². The second kappa shape index (κ2) is 2.98. The summed E-state index contributed by atoms with van der Waals surface area (Å²) in [5.41, 5.74) is 0. The molecule has 9 heavy (non-hydrogen) atoms.